The number of hydrogen-bond donors (Lipinski definition) is 1. The first-order valence-electron chi connectivity index (χ1n) is 11.0. The summed E-state index contributed by atoms with van der Waals surface area (Å²) in [4.78, 5) is 0. The standard InChI is InChI=1S/C26H25F2NO6S/c1-16(2)32-12-13-33-22-11-10-21-23(25(22)35-26(27)28)19-9-8-17(15-36(29,30)31)14-20(19)24(34-21)18-6-4-3-5-7-18/h3-11,14,24,26H,1,12-13,15H2,2H3,(H2,29,30,31). The van der Waals surface area contributed by atoms with Crippen LogP contribution in [0, 0.1) is 0 Å². The average Bonchev–Trinajstić information content (AvgIpc) is 2.81. The third kappa shape index (κ3) is 5.95. The fraction of sp³-hybridized carbons (Fsp3) is 0.231. The van der Waals surface area contributed by atoms with Crippen LogP contribution >= 0.6 is 0 Å². The average molecular weight is 518 g/mol. The number of rotatable bonds is 10. The number of alkyl halides is 2. The van der Waals surface area contributed by atoms with Crippen LogP contribution in [-0.2, 0) is 20.5 Å². The van der Waals surface area contributed by atoms with Gasteiger partial charge in [-0.1, -0.05) is 55.1 Å². The van der Waals surface area contributed by atoms with Crippen molar-refractivity contribution < 1.29 is 36.1 Å². The van der Waals surface area contributed by atoms with Gasteiger partial charge in [0.2, 0.25) is 10.0 Å². The number of primary sulfonamides is 1. The van der Waals surface area contributed by atoms with Crippen molar-refractivity contribution in [2.45, 2.75) is 25.4 Å². The summed E-state index contributed by atoms with van der Waals surface area (Å²) in [5.74, 6) is 0.320. The number of hydrogen-bond acceptors (Lipinski definition) is 6. The van der Waals surface area contributed by atoms with E-state index in [0.29, 0.717) is 28.2 Å². The van der Waals surface area contributed by atoms with Crippen LogP contribution in [0.4, 0.5) is 8.78 Å². The second-order valence-electron chi connectivity index (χ2n) is 8.18. The lowest BCUT2D eigenvalue weighted by Crippen LogP contribution is -2.19. The highest BCUT2D eigenvalue weighted by atomic mass is 32.2. The number of nitrogens with two attached hydrogens (primary N) is 1. The highest BCUT2D eigenvalue weighted by molar-refractivity contribution is 7.88. The Morgan fingerprint density at radius 2 is 1.86 bits per heavy atom. The predicted octanol–water partition coefficient (Wildman–Crippen LogP) is 5.15. The molecule has 7 nitrogen and oxygen atoms in total. The Bertz CT molecular complexity index is 1360. The smallest absolute Gasteiger partial charge is 0.387 e. The van der Waals surface area contributed by atoms with Crippen LogP contribution < -0.4 is 19.3 Å². The van der Waals surface area contributed by atoms with Crippen molar-refractivity contribution in [3.05, 3.63) is 89.7 Å². The molecule has 3 aromatic rings. The van der Waals surface area contributed by atoms with Gasteiger partial charge in [0.1, 0.15) is 25.1 Å². The molecule has 10 heteroatoms. The molecule has 0 saturated carbocycles. The molecule has 0 saturated heterocycles. The third-order valence-corrected chi connectivity index (χ3v) is 6.10. The summed E-state index contributed by atoms with van der Waals surface area (Å²) >= 11 is 0. The van der Waals surface area contributed by atoms with Crippen molar-refractivity contribution >= 4 is 10.0 Å². The minimum absolute atomic E-state index is 0.0683. The van der Waals surface area contributed by atoms with E-state index in [1.54, 1.807) is 31.2 Å². The molecule has 1 aliphatic heterocycles. The molecule has 36 heavy (non-hydrogen) atoms. The number of halogens is 2. The predicted molar refractivity (Wildman–Crippen MR) is 130 cm³/mol. The van der Waals surface area contributed by atoms with Crippen LogP contribution in [0.15, 0.2) is 73.0 Å². The van der Waals surface area contributed by atoms with Gasteiger partial charge < -0.3 is 18.9 Å². The molecule has 0 bridgehead atoms. The lowest BCUT2D eigenvalue weighted by atomic mass is 9.88. The maximum absolute atomic E-state index is 13.5. The second kappa shape index (κ2) is 10.5. The quantitative estimate of drug-likeness (QED) is 0.295. The van der Waals surface area contributed by atoms with Gasteiger partial charge in [-0.05, 0) is 35.7 Å². The molecule has 1 atom stereocenters. The molecule has 0 spiro atoms. The third-order valence-electron chi connectivity index (χ3n) is 5.36. The van der Waals surface area contributed by atoms with Crippen molar-refractivity contribution in [2.24, 2.45) is 5.14 Å². The number of ether oxygens (including phenoxy) is 4. The SMILES string of the molecule is C=C(C)OCCOc1ccc2c(c1OC(F)F)-c1ccc(CS(N)(=O)=O)cc1C(c1ccccc1)O2. The van der Waals surface area contributed by atoms with Gasteiger partial charge in [0.15, 0.2) is 11.5 Å². The molecule has 0 aliphatic carbocycles. The van der Waals surface area contributed by atoms with E-state index in [-0.39, 0.29) is 36.0 Å². The Hall–Kier alpha value is -3.63. The zero-order valence-corrected chi connectivity index (χ0v) is 20.3. The summed E-state index contributed by atoms with van der Waals surface area (Å²) < 4.78 is 72.6. The van der Waals surface area contributed by atoms with E-state index in [4.69, 9.17) is 24.1 Å². The number of sulfonamides is 1. The largest absolute Gasteiger partial charge is 0.495 e. The summed E-state index contributed by atoms with van der Waals surface area (Å²) in [7, 11) is -3.80. The minimum Gasteiger partial charge on any atom is -0.495 e. The van der Waals surface area contributed by atoms with Gasteiger partial charge in [0, 0.05) is 5.56 Å². The summed E-state index contributed by atoms with van der Waals surface area (Å²) in [5.41, 5.74) is 2.63. The van der Waals surface area contributed by atoms with E-state index in [9.17, 15) is 17.2 Å². The summed E-state index contributed by atoms with van der Waals surface area (Å²) in [6.45, 7) is 2.44. The maximum atomic E-state index is 13.5. The normalized spacial score (nSPS) is 14.4. The Balaban J connectivity index is 1.84. The summed E-state index contributed by atoms with van der Waals surface area (Å²) in [6, 6.07) is 17.3. The van der Waals surface area contributed by atoms with Crippen molar-refractivity contribution in [1.82, 2.24) is 0 Å². The van der Waals surface area contributed by atoms with Crippen LogP contribution in [0.3, 0.4) is 0 Å². The van der Waals surface area contributed by atoms with E-state index >= 15 is 0 Å². The molecule has 4 rings (SSSR count). The number of benzene rings is 3. The molecule has 1 aliphatic rings. The highest BCUT2D eigenvalue weighted by Crippen LogP contribution is 2.52. The van der Waals surface area contributed by atoms with E-state index in [0.717, 1.165) is 5.56 Å². The molecule has 0 amide bonds. The molecule has 3 aromatic carbocycles. The molecule has 0 fully saturated rings. The summed E-state index contributed by atoms with van der Waals surface area (Å²) in [6.07, 6.45) is -0.621. The lowest BCUT2D eigenvalue weighted by Gasteiger charge is -2.31. The first-order chi connectivity index (χ1) is 17.1. The second-order valence-corrected chi connectivity index (χ2v) is 9.80. The van der Waals surface area contributed by atoms with Crippen molar-refractivity contribution in [1.29, 1.82) is 0 Å². The van der Waals surface area contributed by atoms with Crippen LogP contribution in [0.2, 0.25) is 0 Å². The zero-order valence-electron chi connectivity index (χ0n) is 19.4. The fourth-order valence-corrected chi connectivity index (χ4v) is 4.67. The molecule has 2 N–H and O–H groups in total. The minimum atomic E-state index is -3.80. The molecular formula is C26H25F2NO6S. The molecule has 0 radical (unpaired) electrons. The van der Waals surface area contributed by atoms with Gasteiger partial charge in [-0.2, -0.15) is 8.78 Å². The van der Waals surface area contributed by atoms with E-state index in [1.165, 1.54) is 6.07 Å². The molecule has 0 aromatic heterocycles. The van der Waals surface area contributed by atoms with Gasteiger partial charge in [0.05, 0.1) is 17.1 Å². The van der Waals surface area contributed by atoms with E-state index in [1.807, 2.05) is 30.3 Å². The van der Waals surface area contributed by atoms with Gasteiger partial charge in [-0.15, -0.1) is 0 Å². The fourth-order valence-electron chi connectivity index (χ4n) is 4.03. The van der Waals surface area contributed by atoms with Gasteiger partial charge in [0.25, 0.3) is 0 Å². The van der Waals surface area contributed by atoms with Crippen LogP contribution in [-0.4, -0.2) is 28.2 Å². The van der Waals surface area contributed by atoms with Crippen LogP contribution in [0.25, 0.3) is 11.1 Å². The number of allylic oxidation sites excluding steroid dienone is 1. The maximum Gasteiger partial charge on any atom is 0.387 e. The first kappa shape index (κ1) is 25.5. The van der Waals surface area contributed by atoms with Crippen molar-refractivity contribution in [3.8, 4) is 28.4 Å². The monoisotopic (exact) mass is 517 g/mol. The molecule has 1 unspecified atom stereocenters. The van der Waals surface area contributed by atoms with Crippen LogP contribution in [0.1, 0.15) is 29.7 Å². The van der Waals surface area contributed by atoms with Crippen molar-refractivity contribution in [3.63, 3.8) is 0 Å². The Morgan fingerprint density at radius 3 is 2.53 bits per heavy atom. The lowest BCUT2D eigenvalue weighted by molar-refractivity contribution is -0.0514. The Morgan fingerprint density at radius 1 is 1.11 bits per heavy atom. The Kier molecular flexibility index (Phi) is 7.46. The van der Waals surface area contributed by atoms with Gasteiger partial charge in [-0.3, -0.25) is 0 Å². The Labute approximate surface area is 208 Å². The zero-order chi connectivity index (χ0) is 25.9. The van der Waals surface area contributed by atoms with Crippen molar-refractivity contribution in [2.75, 3.05) is 13.2 Å². The summed E-state index contributed by atoms with van der Waals surface area (Å²) in [5, 5.41) is 5.25. The topological polar surface area (TPSA) is 97.1 Å². The molecular weight excluding hydrogens is 492 g/mol. The van der Waals surface area contributed by atoms with Crippen LogP contribution in [0.5, 0.6) is 17.2 Å². The molecule has 1 heterocycles. The first-order valence-corrected chi connectivity index (χ1v) is 12.7. The van der Waals surface area contributed by atoms with E-state index < -0.39 is 22.7 Å². The van der Waals surface area contributed by atoms with Gasteiger partial charge in [-0.25, -0.2) is 13.6 Å². The van der Waals surface area contributed by atoms with Gasteiger partial charge >= 0.3 is 6.61 Å². The van der Waals surface area contributed by atoms with E-state index in [2.05, 4.69) is 6.58 Å². The molecule has 190 valence electrons. The highest BCUT2D eigenvalue weighted by Gasteiger charge is 2.32. The number of fused-ring (bicyclic) bond motifs is 3.